The first-order valence-corrected chi connectivity index (χ1v) is 11.4. The molecule has 0 fully saturated rings. The molecule has 7 nitrogen and oxygen atoms in total. The lowest BCUT2D eigenvalue weighted by molar-refractivity contribution is -0.121. The van der Waals surface area contributed by atoms with Crippen molar-refractivity contribution in [2.24, 2.45) is 0 Å². The van der Waals surface area contributed by atoms with Crippen molar-refractivity contribution in [3.05, 3.63) is 75.9 Å². The maximum absolute atomic E-state index is 12.4. The highest BCUT2D eigenvalue weighted by molar-refractivity contribution is 7.13. The van der Waals surface area contributed by atoms with Crippen LogP contribution in [0.4, 0.5) is 5.69 Å². The maximum Gasteiger partial charge on any atom is 0.286 e. The Bertz CT molecular complexity index is 1230. The number of nitrogens with one attached hydrogen (secondary N) is 3. The Hall–Kier alpha value is -3.52. The van der Waals surface area contributed by atoms with E-state index in [0.29, 0.717) is 30.8 Å². The number of carbonyl (C=O) groups excluding carboxylic acids is 2. The minimum atomic E-state index is -0.266. The number of anilines is 1. The molecular weight excluding hydrogens is 422 g/mol. The molecule has 4 aromatic rings. The van der Waals surface area contributed by atoms with Gasteiger partial charge in [-0.05, 0) is 43.0 Å². The SMILES string of the molecule is Cc1ccccc1NC(=O)c1nnc(CCCC(=O)NCCc2c[nH]c3ccccc23)s1. The van der Waals surface area contributed by atoms with Crippen molar-refractivity contribution in [3.63, 3.8) is 0 Å². The van der Waals surface area contributed by atoms with Gasteiger partial charge in [0.05, 0.1) is 0 Å². The minimum absolute atomic E-state index is 0.0203. The maximum atomic E-state index is 12.4. The van der Waals surface area contributed by atoms with E-state index in [1.807, 2.05) is 55.6 Å². The summed E-state index contributed by atoms with van der Waals surface area (Å²) < 4.78 is 0. The van der Waals surface area contributed by atoms with Crippen molar-refractivity contribution in [1.29, 1.82) is 0 Å². The monoisotopic (exact) mass is 447 g/mol. The van der Waals surface area contributed by atoms with E-state index in [4.69, 9.17) is 0 Å². The fourth-order valence-corrected chi connectivity index (χ4v) is 4.28. The van der Waals surface area contributed by atoms with E-state index in [0.717, 1.165) is 28.2 Å². The van der Waals surface area contributed by atoms with Gasteiger partial charge in [-0.25, -0.2) is 0 Å². The largest absolute Gasteiger partial charge is 0.361 e. The summed E-state index contributed by atoms with van der Waals surface area (Å²) in [6.07, 6.45) is 4.47. The Labute approximate surface area is 190 Å². The summed E-state index contributed by atoms with van der Waals surface area (Å²) in [5.74, 6) is -0.245. The van der Waals surface area contributed by atoms with Crippen molar-refractivity contribution < 1.29 is 9.59 Å². The Morgan fingerprint density at radius 3 is 2.72 bits per heavy atom. The first kappa shape index (κ1) is 21.7. The van der Waals surface area contributed by atoms with Gasteiger partial charge in [0, 0.05) is 42.2 Å². The molecule has 2 aromatic heterocycles. The fourth-order valence-electron chi connectivity index (χ4n) is 3.50. The summed E-state index contributed by atoms with van der Waals surface area (Å²) in [6, 6.07) is 15.7. The first-order chi connectivity index (χ1) is 15.6. The summed E-state index contributed by atoms with van der Waals surface area (Å²) in [5, 5.41) is 16.2. The van der Waals surface area contributed by atoms with Crippen LogP contribution in [0.15, 0.2) is 54.7 Å². The van der Waals surface area contributed by atoms with Crippen LogP contribution in [0.25, 0.3) is 10.9 Å². The lowest BCUT2D eigenvalue weighted by Gasteiger charge is -2.05. The standard InChI is InChI=1S/C24H25N5O2S/c1-16-7-2-4-9-19(16)27-23(31)24-29-28-22(32-24)12-6-11-21(30)25-14-13-17-15-26-20-10-5-3-8-18(17)20/h2-5,7-10,15,26H,6,11-14H2,1H3,(H,25,30)(H,27,31). The van der Waals surface area contributed by atoms with Gasteiger partial charge in [-0.15, -0.1) is 10.2 Å². The molecule has 0 unspecified atom stereocenters. The normalized spacial score (nSPS) is 10.9. The van der Waals surface area contributed by atoms with Crippen LogP contribution in [0.2, 0.25) is 0 Å². The molecule has 4 rings (SSSR count). The van der Waals surface area contributed by atoms with Crippen molar-refractivity contribution in [3.8, 4) is 0 Å². The molecule has 2 amide bonds. The number of rotatable bonds is 9. The van der Waals surface area contributed by atoms with Crippen molar-refractivity contribution in [2.75, 3.05) is 11.9 Å². The molecule has 0 aliphatic carbocycles. The molecule has 2 aromatic carbocycles. The van der Waals surface area contributed by atoms with Crippen molar-refractivity contribution >= 4 is 39.7 Å². The summed E-state index contributed by atoms with van der Waals surface area (Å²) in [4.78, 5) is 27.8. The van der Waals surface area contributed by atoms with Crippen molar-refractivity contribution in [1.82, 2.24) is 20.5 Å². The van der Waals surface area contributed by atoms with E-state index >= 15 is 0 Å². The van der Waals surface area contributed by atoms with Gasteiger partial charge in [-0.2, -0.15) is 0 Å². The highest BCUT2D eigenvalue weighted by Crippen LogP contribution is 2.19. The summed E-state index contributed by atoms with van der Waals surface area (Å²) in [5.41, 5.74) is 4.06. The molecule has 0 saturated heterocycles. The highest BCUT2D eigenvalue weighted by Gasteiger charge is 2.14. The molecule has 32 heavy (non-hydrogen) atoms. The van der Waals surface area contributed by atoms with Crippen LogP contribution in [0, 0.1) is 6.92 Å². The van der Waals surface area contributed by atoms with Crippen LogP contribution in [-0.2, 0) is 17.6 Å². The lowest BCUT2D eigenvalue weighted by Crippen LogP contribution is -2.25. The number of carbonyl (C=O) groups is 2. The predicted octanol–water partition coefficient (Wildman–Crippen LogP) is 4.26. The number of hydrogen-bond donors (Lipinski definition) is 3. The second-order valence-electron chi connectivity index (χ2n) is 7.58. The number of aryl methyl sites for hydroxylation is 2. The van der Waals surface area contributed by atoms with Crippen LogP contribution >= 0.6 is 11.3 Å². The number of nitrogens with zero attached hydrogens (tertiary/aromatic N) is 2. The summed E-state index contributed by atoms with van der Waals surface area (Å²) in [6.45, 7) is 2.54. The first-order valence-electron chi connectivity index (χ1n) is 10.6. The van der Waals surface area contributed by atoms with Gasteiger partial charge in [-0.1, -0.05) is 47.7 Å². The highest BCUT2D eigenvalue weighted by atomic mass is 32.1. The quantitative estimate of drug-likeness (QED) is 0.357. The average Bonchev–Trinajstić information content (AvgIpc) is 3.43. The molecule has 3 N–H and O–H groups in total. The number of para-hydroxylation sites is 2. The van der Waals surface area contributed by atoms with Crippen molar-refractivity contribution in [2.45, 2.75) is 32.6 Å². The van der Waals surface area contributed by atoms with Crippen LogP contribution in [0.5, 0.6) is 0 Å². The molecular formula is C24H25N5O2S. The molecule has 0 atom stereocenters. The second-order valence-corrected chi connectivity index (χ2v) is 8.65. The number of benzene rings is 2. The summed E-state index contributed by atoms with van der Waals surface area (Å²) in [7, 11) is 0. The molecule has 0 aliphatic heterocycles. The van der Waals surface area contributed by atoms with Gasteiger partial charge in [0.15, 0.2) is 0 Å². The number of H-pyrrole nitrogens is 1. The van der Waals surface area contributed by atoms with Crippen LogP contribution in [0.3, 0.4) is 0 Å². The zero-order valence-corrected chi connectivity index (χ0v) is 18.7. The molecule has 0 radical (unpaired) electrons. The van der Waals surface area contributed by atoms with Gasteiger partial charge in [-0.3, -0.25) is 9.59 Å². The minimum Gasteiger partial charge on any atom is -0.361 e. The Kier molecular flexibility index (Phi) is 6.91. The van der Waals surface area contributed by atoms with Crippen LogP contribution in [0.1, 0.15) is 38.8 Å². The van der Waals surface area contributed by atoms with Gasteiger partial charge in [0.25, 0.3) is 5.91 Å². The van der Waals surface area contributed by atoms with E-state index in [1.165, 1.54) is 22.3 Å². The second kappa shape index (κ2) is 10.2. The average molecular weight is 448 g/mol. The smallest absolute Gasteiger partial charge is 0.286 e. The number of aromatic nitrogens is 3. The fraction of sp³-hybridized carbons (Fsp3) is 0.250. The predicted molar refractivity (Wildman–Crippen MR) is 127 cm³/mol. The zero-order chi connectivity index (χ0) is 22.3. The number of aromatic amines is 1. The number of amides is 2. The molecule has 164 valence electrons. The third kappa shape index (κ3) is 5.39. The van der Waals surface area contributed by atoms with Gasteiger partial charge < -0.3 is 15.6 Å². The van der Waals surface area contributed by atoms with Crippen LogP contribution in [-0.4, -0.2) is 33.5 Å². The van der Waals surface area contributed by atoms with E-state index < -0.39 is 0 Å². The Morgan fingerprint density at radius 2 is 1.84 bits per heavy atom. The molecule has 8 heteroatoms. The summed E-state index contributed by atoms with van der Waals surface area (Å²) >= 11 is 1.27. The molecule has 0 aliphatic rings. The molecule has 2 heterocycles. The third-order valence-corrected chi connectivity index (χ3v) is 6.22. The molecule has 0 bridgehead atoms. The molecule has 0 saturated carbocycles. The van der Waals surface area contributed by atoms with Crippen LogP contribution < -0.4 is 10.6 Å². The van der Waals surface area contributed by atoms with Gasteiger partial charge in [0.2, 0.25) is 10.9 Å². The van der Waals surface area contributed by atoms with E-state index in [1.54, 1.807) is 0 Å². The van der Waals surface area contributed by atoms with E-state index in [-0.39, 0.29) is 11.8 Å². The molecule has 0 spiro atoms. The number of hydrogen-bond acceptors (Lipinski definition) is 5. The van der Waals surface area contributed by atoms with Gasteiger partial charge in [0.1, 0.15) is 5.01 Å². The lowest BCUT2D eigenvalue weighted by atomic mass is 10.1. The third-order valence-electron chi connectivity index (χ3n) is 5.24. The Balaban J connectivity index is 1.18. The van der Waals surface area contributed by atoms with E-state index in [9.17, 15) is 9.59 Å². The topological polar surface area (TPSA) is 99.8 Å². The zero-order valence-electron chi connectivity index (χ0n) is 17.9. The number of fused-ring (bicyclic) bond motifs is 1. The van der Waals surface area contributed by atoms with Gasteiger partial charge >= 0.3 is 0 Å². The Morgan fingerprint density at radius 1 is 1.03 bits per heavy atom. The van der Waals surface area contributed by atoms with E-state index in [2.05, 4.69) is 31.9 Å².